The summed E-state index contributed by atoms with van der Waals surface area (Å²) in [6.07, 6.45) is 2.91. The fraction of sp³-hybridized carbons (Fsp3) is 0.500. The zero-order valence-corrected chi connectivity index (χ0v) is 13.6. The SMILES string of the molecule is Cc1ccc(N=C(N)CCl)cc1S(=O)(=O)N1CCCCC1. The zero-order valence-electron chi connectivity index (χ0n) is 12.0. The maximum absolute atomic E-state index is 12.7. The van der Waals surface area contributed by atoms with Gasteiger partial charge >= 0.3 is 0 Å². The number of hydrogen-bond acceptors (Lipinski definition) is 3. The van der Waals surface area contributed by atoms with E-state index in [1.54, 1.807) is 29.4 Å². The van der Waals surface area contributed by atoms with Crippen LogP contribution in [0.25, 0.3) is 0 Å². The summed E-state index contributed by atoms with van der Waals surface area (Å²) in [4.78, 5) is 4.42. The third-order valence-corrected chi connectivity index (χ3v) is 5.83. The van der Waals surface area contributed by atoms with Crippen molar-refractivity contribution in [2.45, 2.75) is 31.1 Å². The maximum atomic E-state index is 12.7. The lowest BCUT2D eigenvalue weighted by Crippen LogP contribution is -2.35. The molecule has 0 saturated carbocycles. The van der Waals surface area contributed by atoms with Gasteiger partial charge in [-0.3, -0.25) is 0 Å². The largest absolute Gasteiger partial charge is 0.386 e. The Morgan fingerprint density at radius 2 is 2.00 bits per heavy atom. The third-order valence-electron chi connectivity index (χ3n) is 3.51. The van der Waals surface area contributed by atoms with Crippen LogP contribution in [0.5, 0.6) is 0 Å². The molecule has 5 nitrogen and oxygen atoms in total. The molecule has 0 unspecified atom stereocenters. The summed E-state index contributed by atoms with van der Waals surface area (Å²) >= 11 is 5.60. The number of aryl methyl sites for hydroxylation is 1. The smallest absolute Gasteiger partial charge is 0.243 e. The van der Waals surface area contributed by atoms with Crippen LogP contribution in [0, 0.1) is 6.92 Å². The predicted octanol–water partition coefficient (Wildman–Crippen LogP) is 2.40. The average molecular weight is 330 g/mol. The second kappa shape index (κ2) is 6.77. The normalized spacial score (nSPS) is 17.9. The van der Waals surface area contributed by atoms with Crippen LogP contribution in [0.4, 0.5) is 5.69 Å². The highest BCUT2D eigenvalue weighted by atomic mass is 35.5. The number of hydrogen-bond donors (Lipinski definition) is 1. The molecule has 7 heteroatoms. The van der Waals surface area contributed by atoms with Crippen molar-refractivity contribution in [3.8, 4) is 0 Å². The fourth-order valence-electron chi connectivity index (χ4n) is 2.38. The number of aliphatic imine (C=N–C) groups is 1. The quantitative estimate of drug-likeness (QED) is 0.523. The molecular weight excluding hydrogens is 310 g/mol. The van der Waals surface area contributed by atoms with E-state index >= 15 is 0 Å². The topological polar surface area (TPSA) is 75.8 Å². The van der Waals surface area contributed by atoms with Gasteiger partial charge in [-0.2, -0.15) is 4.31 Å². The van der Waals surface area contributed by atoms with E-state index in [0.717, 1.165) is 19.3 Å². The first kappa shape index (κ1) is 16.3. The lowest BCUT2D eigenvalue weighted by molar-refractivity contribution is 0.346. The molecule has 1 aromatic rings. The highest BCUT2D eigenvalue weighted by molar-refractivity contribution is 7.89. The summed E-state index contributed by atoms with van der Waals surface area (Å²) in [7, 11) is -3.47. The number of nitrogens with zero attached hydrogens (tertiary/aromatic N) is 2. The number of amidine groups is 1. The van der Waals surface area contributed by atoms with Gasteiger partial charge in [-0.25, -0.2) is 13.4 Å². The van der Waals surface area contributed by atoms with Crippen molar-refractivity contribution < 1.29 is 8.42 Å². The molecule has 0 spiro atoms. The van der Waals surface area contributed by atoms with Gasteiger partial charge in [-0.1, -0.05) is 12.5 Å². The van der Waals surface area contributed by atoms with Gasteiger partial charge in [-0.15, -0.1) is 11.6 Å². The summed E-state index contributed by atoms with van der Waals surface area (Å²) in [6.45, 7) is 2.95. The van der Waals surface area contributed by atoms with Gasteiger partial charge in [0.1, 0.15) is 5.84 Å². The van der Waals surface area contributed by atoms with Gasteiger partial charge in [0.15, 0.2) is 0 Å². The van der Waals surface area contributed by atoms with E-state index in [-0.39, 0.29) is 11.7 Å². The highest BCUT2D eigenvalue weighted by Crippen LogP contribution is 2.27. The number of piperidine rings is 1. The number of sulfonamides is 1. The predicted molar refractivity (Wildman–Crippen MR) is 85.8 cm³/mol. The van der Waals surface area contributed by atoms with E-state index in [0.29, 0.717) is 29.2 Å². The van der Waals surface area contributed by atoms with E-state index in [1.807, 2.05) is 0 Å². The molecule has 0 radical (unpaired) electrons. The number of rotatable bonds is 4. The molecule has 0 aromatic heterocycles. The van der Waals surface area contributed by atoms with E-state index in [9.17, 15) is 8.42 Å². The zero-order chi connectivity index (χ0) is 15.5. The molecule has 21 heavy (non-hydrogen) atoms. The van der Waals surface area contributed by atoms with Crippen LogP contribution < -0.4 is 5.73 Å². The molecule has 116 valence electrons. The molecule has 2 rings (SSSR count). The molecule has 0 bridgehead atoms. The number of nitrogens with two attached hydrogens (primary N) is 1. The minimum absolute atomic E-state index is 0.113. The Kier molecular flexibility index (Phi) is 5.24. The summed E-state index contributed by atoms with van der Waals surface area (Å²) in [5.74, 6) is 0.379. The van der Waals surface area contributed by atoms with Gasteiger partial charge in [0.05, 0.1) is 16.5 Å². The van der Waals surface area contributed by atoms with Gasteiger partial charge in [0.2, 0.25) is 10.0 Å². The van der Waals surface area contributed by atoms with Crippen molar-refractivity contribution in [3.05, 3.63) is 23.8 Å². The second-order valence-electron chi connectivity index (χ2n) is 5.15. The summed E-state index contributed by atoms with van der Waals surface area (Å²) in [5, 5.41) is 0. The molecule has 1 aromatic carbocycles. The Morgan fingerprint density at radius 1 is 1.33 bits per heavy atom. The van der Waals surface area contributed by atoms with Crippen LogP contribution in [0.15, 0.2) is 28.1 Å². The Labute approximate surface area is 130 Å². The Hall–Kier alpha value is -1.11. The van der Waals surface area contributed by atoms with Crippen LogP contribution in [-0.4, -0.2) is 37.5 Å². The summed E-state index contributed by atoms with van der Waals surface area (Å²) in [6, 6.07) is 5.06. The second-order valence-corrected chi connectivity index (χ2v) is 7.32. The fourth-order valence-corrected chi connectivity index (χ4v) is 4.20. The van der Waals surface area contributed by atoms with E-state index in [1.165, 1.54) is 0 Å². The molecule has 1 fully saturated rings. The van der Waals surface area contributed by atoms with Crippen molar-refractivity contribution in [3.63, 3.8) is 0 Å². The van der Waals surface area contributed by atoms with Crippen LogP contribution in [0.1, 0.15) is 24.8 Å². The van der Waals surface area contributed by atoms with Gasteiger partial charge in [0.25, 0.3) is 0 Å². The maximum Gasteiger partial charge on any atom is 0.243 e. The summed E-state index contributed by atoms with van der Waals surface area (Å²) in [5.41, 5.74) is 6.82. The van der Waals surface area contributed by atoms with Crippen molar-refractivity contribution >= 4 is 33.1 Å². The first-order chi connectivity index (χ1) is 9.95. The van der Waals surface area contributed by atoms with Crippen LogP contribution in [0.2, 0.25) is 0 Å². The molecule has 1 aliphatic rings. The van der Waals surface area contributed by atoms with E-state index in [4.69, 9.17) is 17.3 Å². The molecule has 1 aliphatic heterocycles. The van der Waals surface area contributed by atoms with Crippen LogP contribution in [-0.2, 0) is 10.0 Å². The molecular formula is C14H20ClN3O2S. The summed E-state index contributed by atoms with van der Waals surface area (Å²) < 4.78 is 27.0. The van der Waals surface area contributed by atoms with Crippen LogP contribution >= 0.6 is 11.6 Å². The minimum Gasteiger partial charge on any atom is -0.386 e. The van der Waals surface area contributed by atoms with Crippen LogP contribution in [0.3, 0.4) is 0 Å². The molecule has 1 saturated heterocycles. The van der Waals surface area contributed by atoms with Crippen molar-refractivity contribution in [1.29, 1.82) is 0 Å². The standard InChI is InChI=1S/C14H20ClN3O2S/c1-11-5-6-12(17-14(16)10-15)9-13(11)21(19,20)18-7-3-2-4-8-18/h5-6,9H,2-4,7-8,10H2,1H3,(H2,16,17). The first-order valence-electron chi connectivity index (χ1n) is 6.95. The average Bonchev–Trinajstić information content (AvgIpc) is 2.49. The van der Waals surface area contributed by atoms with Crippen molar-refractivity contribution in [2.75, 3.05) is 19.0 Å². The van der Waals surface area contributed by atoms with E-state index in [2.05, 4.69) is 4.99 Å². The molecule has 0 amide bonds. The number of alkyl halides is 1. The molecule has 0 atom stereocenters. The monoisotopic (exact) mass is 329 g/mol. The van der Waals surface area contributed by atoms with E-state index < -0.39 is 10.0 Å². The molecule has 0 aliphatic carbocycles. The van der Waals surface area contributed by atoms with Gasteiger partial charge in [-0.05, 0) is 37.5 Å². The lowest BCUT2D eigenvalue weighted by Gasteiger charge is -2.26. The number of benzene rings is 1. The first-order valence-corrected chi connectivity index (χ1v) is 8.92. The highest BCUT2D eigenvalue weighted by Gasteiger charge is 2.27. The van der Waals surface area contributed by atoms with Gasteiger partial charge in [0, 0.05) is 13.1 Å². The Bertz CT molecular complexity index is 638. The molecule has 1 heterocycles. The molecule has 2 N–H and O–H groups in total. The van der Waals surface area contributed by atoms with Crippen molar-refractivity contribution in [1.82, 2.24) is 4.31 Å². The number of halogens is 1. The minimum atomic E-state index is -3.47. The lowest BCUT2D eigenvalue weighted by atomic mass is 10.2. The van der Waals surface area contributed by atoms with Crippen molar-refractivity contribution in [2.24, 2.45) is 10.7 Å². The third kappa shape index (κ3) is 3.75. The Morgan fingerprint density at radius 3 is 2.62 bits per heavy atom. The van der Waals surface area contributed by atoms with Gasteiger partial charge < -0.3 is 5.73 Å². The Balaban J connectivity index is 2.40.